The van der Waals surface area contributed by atoms with Gasteiger partial charge in [0.15, 0.2) is 5.65 Å². The van der Waals surface area contributed by atoms with E-state index in [2.05, 4.69) is 10.1 Å². The Morgan fingerprint density at radius 2 is 2.50 bits per heavy atom. The van der Waals surface area contributed by atoms with Crippen LogP contribution in [-0.4, -0.2) is 27.3 Å². The van der Waals surface area contributed by atoms with E-state index in [0.717, 1.165) is 37.1 Å². The van der Waals surface area contributed by atoms with E-state index >= 15 is 0 Å². The lowest BCUT2D eigenvalue weighted by molar-refractivity contribution is 0.111. The van der Waals surface area contributed by atoms with Crippen molar-refractivity contribution in [2.75, 3.05) is 12.3 Å². The first kappa shape index (κ1) is 9.59. The molecule has 1 aliphatic rings. The Labute approximate surface area is 93.2 Å². The van der Waals surface area contributed by atoms with Crippen molar-refractivity contribution >= 4 is 11.5 Å². The normalized spacial score (nSPS) is 20.6. The second-order valence-electron chi connectivity index (χ2n) is 4.11. The molecular formula is C11H14N4O. The Kier molecular flexibility index (Phi) is 2.25. The van der Waals surface area contributed by atoms with Crippen LogP contribution < -0.4 is 5.73 Å². The van der Waals surface area contributed by atoms with E-state index in [1.54, 1.807) is 16.8 Å². The van der Waals surface area contributed by atoms with E-state index in [4.69, 9.17) is 10.5 Å². The quantitative estimate of drug-likeness (QED) is 0.817. The number of hydrogen-bond acceptors (Lipinski definition) is 4. The van der Waals surface area contributed by atoms with Crippen molar-refractivity contribution in [2.24, 2.45) is 0 Å². The minimum Gasteiger partial charge on any atom is -0.384 e. The van der Waals surface area contributed by atoms with Crippen LogP contribution in [0.2, 0.25) is 0 Å². The van der Waals surface area contributed by atoms with Gasteiger partial charge in [0.1, 0.15) is 5.82 Å². The van der Waals surface area contributed by atoms with Crippen LogP contribution in [0.15, 0.2) is 18.5 Å². The number of nitrogens with zero attached hydrogens (tertiary/aromatic N) is 3. The summed E-state index contributed by atoms with van der Waals surface area (Å²) in [4.78, 5) is 4.31. The average molecular weight is 218 g/mol. The van der Waals surface area contributed by atoms with Gasteiger partial charge in [-0.25, -0.2) is 4.98 Å². The Balaban J connectivity index is 1.94. The summed E-state index contributed by atoms with van der Waals surface area (Å²) in [5.41, 5.74) is 7.76. The Morgan fingerprint density at radius 3 is 3.31 bits per heavy atom. The van der Waals surface area contributed by atoms with Crippen LogP contribution in [0.4, 0.5) is 5.82 Å². The summed E-state index contributed by atoms with van der Waals surface area (Å²) in [5.74, 6) is 0.614. The number of hydrogen-bond donors (Lipinski definition) is 1. The number of nitrogen functional groups attached to an aromatic ring is 1. The summed E-state index contributed by atoms with van der Waals surface area (Å²) in [6.07, 6.45) is 7.02. The molecule has 0 aromatic carbocycles. The van der Waals surface area contributed by atoms with Crippen molar-refractivity contribution in [3.63, 3.8) is 0 Å². The zero-order chi connectivity index (χ0) is 11.0. The van der Waals surface area contributed by atoms with Crippen molar-refractivity contribution in [3.05, 3.63) is 24.0 Å². The molecule has 84 valence electrons. The molecule has 0 amide bonds. The maximum Gasteiger partial charge on any atom is 0.160 e. The molecule has 5 nitrogen and oxygen atoms in total. The van der Waals surface area contributed by atoms with E-state index in [1.807, 2.05) is 6.20 Å². The summed E-state index contributed by atoms with van der Waals surface area (Å²) in [6, 6.07) is 1.75. The number of aromatic nitrogens is 3. The highest BCUT2D eigenvalue weighted by molar-refractivity contribution is 5.51. The van der Waals surface area contributed by atoms with Crippen molar-refractivity contribution in [1.29, 1.82) is 0 Å². The maximum absolute atomic E-state index is 5.81. The summed E-state index contributed by atoms with van der Waals surface area (Å²) in [7, 11) is 0. The molecule has 1 saturated heterocycles. The number of anilines is 1. The van der Waals surface area contributed by atoms with Crippen LogP contribution in [-0.2, 0) is 11.2 Å². The number of fused-ring (bicyclic) bond motifs is 1. The first-order chi connectivity index (χ1) is 7.84. The molecule has 2 aromatic rings. The highest BCUT2D eigenvalue weighted by atomic mass is 16.5. The molecule has 0 radical (unpaired) electrons. The number of nitrogens with two attached hydrogens (primary N) is 1. The van der Waals surface area contributed by atoms with Gasteiger partial charge in [-0.3, -0.25) is 0 Å². The molecule has 3 heterocycles. The third-order valence-corrected chi connectivity index (χ3v) is 2.98. The van der Waals surface area contributed by atoms with Crippen LogP contribution in [0.3, 0.4) is 0 Å². The van der Waals surface area contributed by atoms with Gasteiger partial charge < -0.3 is 10.5 Å². The molecule has 1 atom stereocenters. The van der Waals surface area contributed by atoms with E-state index < -0.39 is 0 Å². The molecule has 2 aromatic heterocycles. The zero-order valence-corrected chi connectivity index (χ0v) is 8.97. The van der Waals surface area contributed by atoms with Gasteiger partial charge in [-0.1, -0.05) is 0 Å². The van der Waals surface area contributed by atoms with Crippen LogP contribution in [0, 0.1) is 0 Å². The van der Waals surface area contributed by atoms with Crippen LogP contribution in [0.1, 0.15) is 18.4 Å². The maximum atomic E-state index is 5.81. The van der Waals surface area contributed by atoms with Crippen LogP contribution >= 0.6 is 0 Å². The molecular weight excluding hydrogens is 204 g/mol. The smallest absolute Gasteiger partial charge is 0.160 e. The van der Waals surface area contributed by atoms with E-state index in [0.29, 0.717) is 11.9 Å². The molecule has 1 unspecified atom stereocenters. The molecule has 0 saturated carbocycles. The van der Waals surface area contributed by atoms with Gasteiger partial charge in [0, 0.05) is 24.8 Å². The van der Waals surface area contributed by atoms with Crippen LogP contribution in [0.5, 0.6) is 0 Å². The fourth-order valence-corrected chi connectivity index (χ4v) is 2.15. The summed E-state index contributed by atoms with van der Waals surface area (Å²) < 4.78 is 7.28. The fourth-order valence-electron chi connectivity index (χ4n) is 2.15. The summed E-state index contributed by atoms with van der Waals surface area (Å²) in [5, 5.41) is 4.23. The lowest BCUT2D eigenvalue weighted by Crippen LogP contribution is -2.09. The Bertz CT molecular complexity index is 502. The molecule has 0 aliphatic carbocycles. The number of rotatable bonds is 2. The van der Waals surface area contributed by atoms with E-state index in [1.165, 1.54) is 0 Å². The Hall–Kier alpha value is -1.62. The van der Waals surface area contributed by atoms with Crippen LogP contribution in [0.25, 0.3) is 5.65 Å². The Morgan fingerprint density at radius 1 is 1.56 bits per heavy atom. The van der Waals surface area contributed by atoms with Gasteiger partial charge in [0.05, 0.1) is 12.3 Å². The fraction of sp³-hybridized carbons (Fsp3) is 0.455. The van der Waals surface area contributed by atoms with E-state index in [9.17, 15) is 0 Å². The zero-order valence-electron chi connectivity index (χ0n) is 8.97. The monoisotopic (exact) mass is 218 g/mol. The summed E-state index contributed by atoms with van der Waals surface area (Å²) >= 11 is 0. The third kappa shape index (κ3) is 1.53. The van der Waals surface area contributed by atoms with Gasteiger partial charge in [-0.2, -0.15) is 9.61 Å². The molecule has 5 heteroatoms. The first-order valence-electron chi connectivity index (χ1n) is 5.53. The topological polar surface area (TPSA) is 65.4 Å². The third-order valence-electron chi connectivity index (χ3n) is 2.98. The van der Waals surface area contributed by atoms with Gasteiger partial charge in [0.25, 0.3) is 0 Å². The minimum atomic E-state index is 0.316. The highest BCUT2D eigenvalue weighted by Crippen LogP contribution is 2.19. The second kappa shape index (κ2) is 3.75. The molecule has 1 fully saturated rings. The molecule has 0 spiro atoms. The predicted molar refractivity (Wildman–Crippen MR) is 60.1 cm³/mol. The van der Waals surface area contributed by atoms with Crippen molar-refractivity contribution in [3.8, 4) is 0 Å². The predicted octanol–water partition coefficient (Wildman–Crippen LogP) is 1.03. The van der Waals surface area contributed by atoms with Gasteiger partial charge >= 0.3 is 0 Å². The first-order valence-corrected chi connectivity index (χ1v) is 5.53. The van der Waals surface area contributed by atoms with Gasteiger partial charge in [0.2, 0.25) is 0 Å². The lowest BCUT2D eigenvalue weighted by atomic mass is 10.1. The van der Waals surface area contributed by atoms with E-state index in [-0.39, 0.29) is 0 Å². The SMILES string of the molecule is Nc1ccnc2c(CC3CCCO3)cnn12. The molecule has 2 N–H and O–H groups in total. The average Bonchev–Trinajstić information content (AvgIpc) is 2.90. The molecule has 3 rings (SSSR count). The standard InChI is InChI=1S/C11H14N4O/c12-10-3-4-13-11-8(7-14-15(10)11)6-9-2-1-5-16-9/h3-4,7,9H,1-2,5-6,12H2. The van der Waals surface area contributed by atoms with Crippen molar-refractivity contribution in [1.82, 2.24) is 14.6 Å². The molecule has 1 aliphatic heterocycles. The number of ether oxygens (including phenoxy) is 1. The highest BCUT2D eigenvalue weighted by Gasteiger charge is 2.18. The minimum absolute atomic E-state index is 0.316. The van der Waals surface area contributed by atoms with Crippen molar-refractivity contribution in [2.45, 2.75) is 25.4 Å². The second-order valence-corrected chi connectivity index (χ2v) is 4.11. The lowest BCUT2D eigenvalue weighted by Gasteiger charge is -2.07. The largest absolute Gasteiger partial charge is 0.384 e. The summed E-state index contributed by atoms with van der Waals surface area (Å²) in [6.45, 7) is 0.874. The molecule has 0 bridgehead atoms. The van der Waals surface area contributed by atoms with Gasteiger partial charge in [-0.15, -0.1) is 0 Å². The van der Waals surface area contributed by atoms with Gasteiger partial charge in [-0.05, 0) is 18.9 Å². The molecule has 16 heavy (non-hydrogen) atoms. The van der Waals surface area contributed by atoms with Crippen molar-refractivity contribution < 1.29 is 4.74 Å².